The Hall–Kier alpha value is -1.80. The number of hydrogen-bond acceptors (Lipinski definition) is 9. The zero-order valence-corrected chi connectivity index (χ0v) is 21.2. The first-order valence-electron chi connectivity index (χ1n) is 9.61. The molecule has 2 aliphatic rings. The Labute approximate surface area is 211 Å². The SMILES string of the molecule is Cc1cc(=c2cnc(=C(C=N)c3c(F)c(F)nc(F)c3F)nc2)sc1=C1SC2=C(SCCS2)S1. The fourth-order valence-corrected chi connectivity index (χ4v) is 10.6. The van der Waals surface area contributed by atoms with E-state index in [1.807, 2.05) is 36.5 Å². The fraction of sp³-hybridized carbons (Fsp3) is 0.143. The molecule has 5 rings (SSSR count). The number of hydrogen-bond donors (Lipinski definition) is 1. The molecule has 34 heavy (non-hydrogen) atoms. The number of halogens is 4. The Bertz CT molecular complexity index is 1530. The first-order chi connectivity index (χ1) is 16.4. The van der Waals surface area contributed by atoms with E-state index in [2.05, 4.69) is 15.0 Å². The minimum absolute atomic E-state index is 0.239. The van der Waals surface area contributed by atoms with E-state index in [-0.39, 0.29) is 5.48 Å². The molecule has 0 spiro atoms. The Kier molecular flexibility index (Phi) is 6.81. The Morgan fingerprint density at radius 2 is 1.53 bits per heavy atom. The molecular weight excluding hydrogens is 545 g/mol. The average molecular weight is 557 g/mol. The van der Waals surface area contributed by atoms with E-state index >= 15 is 0 Å². The Morgan fingerprint density at radius 3 is 2.09 bits per heavy atom. The molecule has 3 aromatic rings. The predicted octanol–water partition coefficient (Wildman–Crippen LogP) is 5.09. The molecule has 5 heterocycles. The van der Waals surface area contributed by atoms with Gasteiger partial charge in [-0.1, -0.05) is 23.5 Å². The molecular formula is C21H12F4N4S5. The van der Waals surface area contributed by atoms with E-state index in [4.69, 9.17) is 5.41 Å². The maximum absolute atomic E-state index is 14.2. The van der Waals surface area contributed by atoms with E-state index in [1.54, 1.807) is 34.9 Å². The summed E-state index contributed by atoms with van der Waals surface area (Å²) in [6, 6.07) is 2.03. The van der Waals surface area contributed by atoms with Gasteiger partial charge in [-0.25, -0.2) is 18.7 Å². The minimum atomic E-state index is -1.81. The van der Waals surface area contributed by atoms with Gasteiger partial charge in [0.2, 0.25) is 0 Å². The van der Waals surface area contributed by atoms with Crippen LogP contribution in [0, 0.1) is 45.6 Å². The summed E-state index contributed by atoms with van der Waals surface area (Å²) in [6.45, 7) is 2.04. The number of thioether (sulfide) groups is 4. The zero-order chi connectivity index (χ0) is 24.0. The summed E-state index contributed by atoms with van der Waals surface area (Å²) in [5.41, 5.74) is -0.684. The van der Waals surface area contributed by atoms with Gasteiger partial charge in [-0.2, -0.15) is 13.8 Å². The molecule has 0 amide bonds. The third-order valence-electron chi connectivity index (χ3n) is 4.78. The summed E-state index contributed by atoms with van der Waals surface area (Å²) in [4.78, 5) is 10.8. The predicted molar refractivity (Wildman–Crippen MR) is 134 cm³/mol. The van der Waals surface area contributed by atoms with Gasteiger partial charge in [-0.05, 0) is 18.6 Å². The lowest BCUT2D eigenvalue weighted by Gasteiger charge is -2.08. The van der Waals surface area contributed by atoms with Gasteiger partial charge in [0.25, 0.3) is 11.9 Å². The first-order valence-corrected chi connectivity index (χ1v) is 14.0. The molecule has 0 bridgehead atoms. The second-order valence-corrected chi connectivity index (χ2v) is 13.0. The van der Waals surface area contributed by atoms with Crippen molar-refractivity contribution in [1.82, 2.24) is 15.0 Å². The molecule has 13 heteroatoms. The van der Waals surface area contributed by atoms with Crippen LogP contribution in [0.25, 0.3) is 9.81 Å². The lowest BCUT2D eigenvalue weighted by molar-refractivity contribution is 0.404. The van der Waals surface area contributed by atoms with Crippen LogP contribution < -0.4 is 10.0 Å². The van der Waals surface area contributed by atoms with Gasteiger partial charge in [0, 0.05) is 39.9 Å². The summed E-state index contributed by atoms with van der Waals surface area (Å²) in [6.07, 6.45) is 3.47. The van der Waals surface area contributed by atoms with Gasteiger partial charge in [0.1, 0.15) is 0 Å². The summed E-state index contributed by atoms with van der Waals surface area (Å²) in [5.74, 6) is -4.80. The number of nitrogens with one attached hydrogen (secondary N) is 1. The van der Waals surface area contributed by atoms with Crippen LogP contribution >= 0.6 is 58.4 Å². The maximum atomic E-state index is 14.2. The van der Waals surface area contributed by atoms with Crippen molar-refractivity contribution in [2.24, 2.45) is 0 Å². The van der Waals surface area contributed by atoms with Crippen molar-refractivity contribution in [3.05, 3.63) is 81.4 Å². The molecule has 2 aliphatic heterocycles. The number of rotatable bonds is 2. The van der Waals surface area contributed by atoms with Crippen molar-refractivity contribution in [3.8, 4) is 0 Å². The second kappa shape index (κ2) is 9.69. The van der Waals surface area contributed by atoms with Crippen molar-refractivity contribution >= 4 is 74.4 Å². The highest BCUT2D eigenvalue weighted by molar-refractivity contribution is 8.46. The van der Waals surface area contributed by atoms with Crippen LogP contribution in [0.2, 0.25) is 0 Å². The first kappa shape index (κ1) is 23.9. The number of aromatic nitrogens is 3. The highest BCUT2D eigenvalue weighted by Crippen LogP contribution is 2.59. The second-order valence-electron chi connectivity index (χ2n) is 6.94. The van der Waals surface area contributed by atoms with Crippen molar-refractivity contribution in [2.45, 2.75) is 6.92 Å². The maximum Gasteiger partial charge on any atom is 0.252 e. The van der Waals surface area contributed by atoms with Gasteiger partial charge >= 0.3 is 0 Å². The minimum Gasteiger partial charge on any atom is -0.308 e. The van der Waals surface area contributed by atoms with Crippen molar-refractivity contribution < 1.29 is 17.6 Å². The molecule has 0 unspecified atom stereocenters. The summed E-state index contributed by atoms with van der Waals surface area (Å²) >= 11 is 8.97. The lowest BCUT2D eigenvalue weighted by atomic mass is 10.1. The van der Waals surface area contributed by atoms with E-state index in [9.17, 15) is 17.6 Å². The summed E-state index contributed by atoms with van der Waals surface area (Å²) < 4.78 is 61.5. The normalized spacial score (nSPS) is 15.6. The third-order valence-corrected chi connectivity index (χ3v) is 12.1. The topological polar surface area (TPSA) is 62.5 Å². The van der Waals surface area contributed by atoms with Crippen molar-refractivity contribution in [2.75, 3.05) is 11.5 Å². The van der Waals surface area contributed by atoms with Gasteiger partial charge in [0.05, 0.1) is 28.4 Å². The molecule has 0 aromatic carbocycles. The third kappa shape index (κ3) is 4.32. The van der Waals surface area contributed by atoms with Gasteiger partial charge < -0.3 is 5.41 Å². The summed E-state index contributed by atoms with van der Waals surface area (Å²) in [7, 11) is 0. The van der Waals surface area contributed by atoms with Crippen LogP contribution in [0.4, 0.5) is 17.6 Å². The largest absolute Gasteiger partial charge is 0.308 e. The molecule has 4 nitrogen and oxygen atoms in total. The van der Waals surface area contributed by atoms with Crippen LogP contribution in [-0.2, 0) is 0 Å². The summed E-state index contributed by atoms with van der Waals surface area (Å²) in [5, 5.41) is 8.21. The molecule has 3 aromatic heterocycles. The number of aryl methyl sites for hydroxylation is 1. The van der Waals surface area contributed by atoms with Crippen LogP contribution in [0.3, 0.4) is 0 Å². The average Bonchev–Trinajstić information content (AvgIpc) is 3.44. The molecule has 0 saturated carbocycles. The van der Waals surface area contributed by atoms with Crippen LogP contribution in [0.15, 0.2) is 26.9 Å². The molecule has 0 fully saturated rings. The Balaban J connectivity index is 1.63. The van der Waals surface area contributed by atoms with E-state index < -0.39 is 34.7 Å². The highest BCUT2D eigenvalue weighted by Gasteiger charge is 2.26. The zero-order valence-electron chi connectivity index (χ0n) is 17.1. The molecule has 0 saturated heterocycles. The van der Waals surface area contributed by atoms with E-state index in [0.717, 1.165) is 21.6 Å². The molecule has 0 atom stereocenters. The van der Waals surface area contributed by atoms with Gasteiger partial charge in [0.15, 0.2) is 17.1 Å². The molecule has 0 aliphatic carbocycles. The molecule has 1 N–H and O–H groups in total. The monoisotopic (exact) mass is 556 g/mol. The number of nitrogens with zero attached hydrogens (tertiary/aromatic N) is 3. The van der Waals surface area contributed by atoms with E-state index in [1.165, 1.54) is 29.6 Å². The molecule has 0 radical (unpaired) electrons. The van der Waals surface area contributed by atoms with E-state index in [0.29, 0.717) is 11.4 Å². The van der Waals surface area contributed by atoms with Crippen molar-refractivity contribution in [3.63, 3.8) is 0 Å². The number of pyridine rings is 1. The fourth-order valence-electron chi connectivity index (χ4n) is 3.20. The van der Waals surface area contributed by atoms with Crippen LogP contribution in [0.1, 0.15) is 11.1 Å². The van der Waals surface area contributed by atoms with Crippen LogP contribution in [0.5, 0.6) is 0 Å². The smallest absolute Gasteiger partial charge is 0.252 e. The van der Waals surface area contributed by atoms with Gasteiger partial charge in [-0.15, -0.1) is 34.9 Å². The quantitative estimate of drug-likeness (QED) is 0.268. The standard InChI is InChI=1S/C21H12F4N4S5/c1-8-4-11(32-15(8)19-33-20-21(34-19)31-3-2-30-20)9-6-27-18(28-7-9)10(5-26)12-13(22)16(24)29-17(25)14(12)23/h4-7,26H,2-3H2,1H3. The van der Waals surface area contributed by atoms with Crippen LogP contribution in [-0.4, -0.2) is 32.7 Å². The number of thiophene rings is 1. The molecule has 174 valence electrons. The van der Waals surface area contributed by atoms with Gasteiger partial charge in [-0.3, -0.25) is 0 Å². The van der Waals surface area contributed by atoms with Crippen molar-refractivity contribution in [1.29, 1.82) is 5.41 Å². The lowest BCUT2D eigenvalue weighted by Crippen LogP contribution is -2.19. The highest BCUT2D eigenvalue weighted by atomic mass is 32.3. The Morgan fingerprint density at radius 1 is 0.941 bits per heavy atom.